The maximum Gasteiger partial charge on any atom is 0.337 e. The van der Waals surface area contributed by atoms with Gasteiger partial charge < -0.3 is 20.6 Å². The van der Waals surface area contributed by atoms with Gasteiger partial charge >= 0.3 is 5.97 Å². The van der Waals surface area contributed by atoms with Crippen molar-refractivity contribution in [3.8, 4) is 0 Å². The predicted octanol–water partition coefficient (Wildman–Crippen LogP) is 0.803. The average molecular weight is 246 g/mol. The lowest BCUT2D eigenvalue weighted by atomic mass is 10.1. The minimum absolute atomic E-state index is 0.0256. The van der Waals surface area contributed by atoms with Gasteiger partial charge in [0.25, 0.3) is 0 Å². The molecule has 1 aromatic rings. The third-order valence-corrected chi connectivity index (χ3v) is 2.19. The summed E-state index contributed by atoms with van der Waals surface area (Å²) in [7, 11) is 0. The molecule has 0 radical (unpaired) electrons. The summed E-state index contributed by atoms with van der Waals surface area (Å²) in [5.74, 6) is -1.11. The second-order valence-corrected chi connectivity index (χ2v) is 3.65. The van der Waals surface area contributed by atoms with E-state index in [4.69, 9.17) is 26.9 Å². The zero-order valence-electron chi connectivity index (χ0n) is 8.35. The number of nitrogens with one attached hydrogen (secondary N) is 1. The van der Waals surface area contributed by atoms with Crippen LogP contribution in [0, 0.1) is 0 Å². The fraction of sp³-hybridized carbons (Fsp3) is 0.300. The summed E-state index contributed by atoms with van der Waals surface area (Å²) in [5.41, 5.74) is 0.377. The molecule has 0 fully saturated rings. The molecule has 0 aromatic heterocycles. The molecule has 0 aliphatic heterocycles. The zero-order valence-corrected chi connectivity index (χ0v) is 9.11. The predicted molar refractivity (Wildman–Crippen MR) is 60.0 cm³/mol. The van der Waals surface area contributed by atoms with Gasteiger partial charge in [0.2, 0.25) is 0 Å². The quantitative estimate of drug-likeness (QED) is 0.616. The van der Waals surface area contributed by atoms with Gasteiger partial charge in [-0.3, -0.25) is 0 Å². The molecule has 1 atom stereocenters. The third-order valence-electron chi connectivity index (χ3n) is 1.95. The molecule has 6 heteroatoms. The summed E-state index contributed by atoms with van der Waals surface area (Å²) in [5, 5.41) is 29.7. The number of carboxylic acid groups (broad SMARTS) is 1. The van der Waals surface area contributed by atoms with Crippen molar-refractivity contribution < 1.29 is 20.1 Å². The van der Waals surface area contributed by atoms with E-state index in [0.29, 0.717) is 10.7 Å². The van der Waals surface area contributed by atoms with Gasteiger partial charge in [0.1, 0.15) is 0 Å². The molecular weight excluding hydrogens is 234 g/mol. The Labute approximate surface area is 97.3 Å². The first-order valence-electron chi connectivity index (χ1n) is 4.60. The highest BCUT2D eigenvalue weighted by molar-refractivity contribution is 6.31. The molecule has 0 heterocycles. The van der Waals surface area contributed by atoms with Crippen molar-refractivity contribution >= 4 is 23.3 Å². The fourth-order valence-electron chi connectivity index (χ4n) is 1.14. The Balaban J connectivity index is 2.82. The molecule has 4 N–H and O–H groups in total. The molecule has 0 aliphatic carbocycles. The number of aliphatic hydroxyl groups excluding tert-OH is 2. The van der Waals surface area contributed by atoms with Crippen molar-refractivity contribution in [2.75, 3.05) is 18.5 Å². The van der Waals surface area contributed by atoms with Crippen LogP contribution in [0.1, 0.15) is 10.4 Å². The molecule has 0 spiro atoms. The molecular formula is C10H12ClNO4. The molecule has 16 heavy (non-hydrogen) atoms. The van der Waals surface area contributed by atoms with E-state index < -0.39 is 12.1 Å². The highest BCUT2D eigenvalue weighted by atomic mass is 35.5. The Bertz CT molecular complexity index is 383. The normalized spacial score (nSPS) is 12.2. The highest BCUT2D eigenvalue weighted by Gasteiger charge is 2.11. The molecule has 1 rings (SSSR count). The number of benzene rings is 1. The van der Waals surface area contributed by atoms with E-state index >= 15 is 0 Å². The van der Waals surface area contributed by atoms with Crippen LogP contribution in [0.5, 0.6) is 0 Å². The topological polar surface area (TPSA) is 89.8 Å². The van der Waals surface area contributed by atoms with Crippen LogP contribution < -0.4 is 5.32 Å². The van der Waals surface area contributed by atoms with Crippen LogP contribution in [0.4, 0.5) is 5.69 Å². The summed E-state index contributed by atoms with van der Waals surface area (Å²) >= 11 is 5.67. The average Bonchev–Trinajstić information content (AvgIpc) is 2.26. The Morgan fingerprint density at radius 3 is 2.75 bits per heavy atom. The Morgan fingerprint density at radius 2 is 2.19 bits per heavy atom. The zero-order chi connectivity index (χ0) is 12.1. The number of hydrogen-bond donors (Lipinski definition) is 4. The summed E-state index contributed by atoms with van der Waals surface area (Å²) in [6.45, 7) is -0.318. The van der Waals surface area contributed by atoms with E-state index in [1.54, 1.807) is 6.07 Å². The molecule has 0 amide bonds. The van der Waals surface area contributed by atoms with Crippen molar-refractivity contribution in [1.29, 1.82) is 0 Å². The van der Waals surface area contributed by atoms with Gasteiger partial charge in [-0.2, -0.15) is 0 Å². The van der Waals surface area contributed by atoms with Crippen molar-refractivity contribution in [2.45, 2.75) is 6.10 Å². The number of carbonyl (C=O) groups is 1. The Morgan fingerprint density at radius 1 is 1.50 bits per heavy atom. The van der Waals surface area contributed by atoms with E-state index in [0.717, 1.165) is 0 Å². The number of aromatic carboxylic acids is 1. The monoisotopic (exact) mass is 245 g/mol. The maximum absolute atomic E-state index is 10.9. The van der Waals surface area contributed by atoms with Crippen LogP contribution in [-0.4, -0.2) is 40.5 Å². The number of halogens is 1. The SMILES string of the molecule is O=C(O)c1cc(Cl)ccc1NCC(O)CO. The van der Waals surface area contributed by atoms with Gasteiger partial charge in [0.05, 0.1) is 18.3 Å². The first-order valence-corrected chi connectivity index (χ1v) is 4.98. The second kappa shape index (κ2) is 5.69. The molecule has 1 aromatic carbocycles. The van der Waals surface area contributed by atoms with Gasteiger partial charge in [-0.1, -0.05) is 11.6 Å². The number of anilines is 1. The van der Waals surface area contributed by atoms with Crippen molar-refractivity contribution in [3.05, 3.63) is 28.8 Å². The van der Waals surface area contributed by atoms with Gasteiger partial charge in [0, 0.05) is 17.3 Å². The first kappa shape index (κ1) is 12.8. The van der Waals surface area contributed by atoms with E-state index in [1.807, 2.05) is 0 Å². The molecule has 0 aliphatic rings. The molecule has 0 saturated carbocycles. The van der Waals surface area contributed by atoms with Gasteiger partial charge in [0.15, 0.2) is 0 Å². The molecule has 5 nitrogen and oxygen atoms in total. The van der Waals surface area contributed by atoms with E-state index in [9.17, 15) is 4.79 Å². The van der Waals surface area contributed by atoms with Crippen LogP contribution in [0.2, 0.25) is 5.02 Å². The van der Waals surface area contributed by atoms with Crippen molar-refractivity contribution in [3.63, 3.8) is 0 Å². The van der Waals surface area contributed by atoms with Crippen LogP contribution >= 0.6 is 11.6 Å². The fourth-order valence-corrected chi connectivity index (χ4v) is 1.31. The van der Waals surface area contributed by atoms with Crippen LogP contribution in [-0.2, 0) is 0 Å². The molecule has 0 bridgehead atoms. The number of carboxylic acids is 1. The smallest absolute Gasteiger partial charge is 0.337 e. The molecule has 1 unspecified atom stereocenters. The lowest BCUT2D eigenvalue weighted by molar-refractivity contribution is 0.0697. The minimum atomic E-state index is -1.11. The largest absolute Gasteiger partial charge is 0.478 e. The summed E-state index contributed by atoms with van der Waals surface area (Å²) in [4.78, 5) is 10.9. The summed E-state index contributed by atoms with van der Waals surface area (Å²) < 4.78 is 0. The van der Waals surface area contributed by atoms with E-state index in [2.05, 4.69) is 5.32 Å². The maximum atomic E-state index is 10.9. The van der Waals surface area contributed by atoms with E-state index in [1.165, 1.54) is 12.1 Å². The van der Waals surface area contributed by atoms with Gasteiger partial charge in [-0.05, 0) is 18.2 Å². The summed E-state index contributed by atoms with van der Waals surface area (Å²) in [6, 6.07) is 4.37. The summed E-state index contributed by atoms with van der Waals surface area (Å²) in [6.07, 6.45) is -0.933. The van der Waals surface area contributed by atoms with E-state index in [-0.39, 0.29) is 18.7 Å². The first-order chi connectivity index (χ1) is 7.54. The lowest BCUT2D eigenvalue weighted by Crippen LogP contribution is -2.23. The second-order valence-electron chi connectivity index (χ2n) is 3.21. The van der Waals surface area contributed by atoms with Crippen molar-refractivity contribution in [1.82, 2.24) is 0 Å². The van der Waals surface area contributed by atoms with Crippen molar-refractivity contribution in [2.24, 2.45) is 0 Å². The number of aliphatic hydroxyl groups is 2. The number of hydrogen-bond acceptors (Lipinski definition) is 4. The number of rotatable bonds is 5. The third kappa shape index (κ3) is 3.37. The van der Waals surface area contributed by atoms with Crippen LogP contribution in [0.15, 0.2) is 18.2 Å². The Kier molecular flexibility index (Phi) is 4.54. The highest BCUT2D eigenvalue weighted by Crippen LogP contribution is 2.20. The molecule has 0 saturated heterocycles. The minimum Gasteiger partial charge on any atom is -0.478 e. The lowest BCUT2D eigenvalue weighted by Gasteiger charge is -2.12. The Hall–Kier alpha value is -1.30. The standard InChI is InChI=1S/C10H12ClNO4/c11-6-1-2-9(8(3-6)10(15)16)12-4-7(14)5-13/h1-3,7,12-14H,4-5H2,(H,15,16). The van der Waals surface area contributed by atoms with Crippen LogP contribution in [0.3, 0.4) is 0 Å². The van der Waals surface area contributed by atoms with Gasteiger partial charge in [-0.25, -0.2) is 4.79 Å². The van der Waals surface area contributed by atoms with Crippen LogP contribution in [0.25, 0.3) is 0 Å². The molecule has 88 valence electrons. The van der Waals surface area contributed by atoms with Gasteiger partial charge in [-0.15, -0.1) is 0 Å².